The first-order chi connectivity index (χ1) is 15.9. The second kappa shape index (κ2) is 9.84. The smallest absolute Gasteiger partial charge is 0.243 e. The summed E-state index contributed by atoms with van der Waals surface area (Å²) in [6.45, 7) is 6.14. The summed E-state index contributed by atoms with van der Waals surface area (Å²) in [6.07, 6.45) is -0.00638. The van der Waals surface area contributed by atoms with E-state index >= 15 is 0 Å². The minimum Gasteiger partial charge on any atom is -0.391 e. The number of aliphatic hydroxyl groups excluding tert-OH is 1. The number of nitrogens with zero attached hydrogens (tertiary/aromatic N) is 3. The van der Waals surface area contributed by atoms with E-state index in [2.05, 4.69) is 15.5 Å². The molecule has 33 heavy (non-hydrogen) atoms. The van der Waals surface area contributed by atoms with Gasteiger partial charge < -0.3 is 19.8 Å². The van der Waals surface area contributed by atoms with E-state index < -0.39 is 18.1 Å². The van der Waals surface area contributed by atoms with Gasteiger partial charge in [-0.2, -0.15) is 0 Å². The summed E-state index contributed by atoms with van der Waals surface area (Å²) in [7, 11) is 0. The summed E-state index contributed by atoms with van der Waals surface area (Å²) in [4.78, 5) is 33.1. The van der Waals surface area contributed by atoms with Gasteiger partial charge in [0.1, 0.15) is 11.8 Å². The predicted octanol–water partition coefficient (Wildman–Crippen LogP) is 3.19. The van der Waals surface area contributed by atoms with Crippen molar-refractivity contribution in [2.45, 2.75) is 58.2 Å². The molecular weight excluding hydrogens is 440 g/mol. The number of aromatic nitrogens is 2. The summed E-state index contributed by atoms with van der Waals surface area (Å²) in [5.41, 5.74) is 5.57. The molecule has 0 spiro atoms. The van der Waals surface area contributed by atoms with Crippen LogP contribution in [0.1, 0.15) is 48.4 Å². The van der Waals surface area contributed by atoms with Crippen LogP contribution in [0, 0.1) is 13.8 Å². The molecule has 1 aliphatic rings. The Hall–Kier alpha value is -3.04. The van der Waals surface area contributed by atoms with Gasteiger partial charge in [-0.05, 0) is 31.4 Å². The number of carbonyl (C=O) groups is 2. The quantitative estimate of drug-likeness (QED) is 0.551. The van der Waals surface area contributed by atoms with E-state index in [1.807, 2.05) is 43.6 Å². The average molecular weight is 469 g/mol. The van der Waals surface area contributed by atoms with Crippen LogP contribution in [-0.4, -0.2) is 50.7 Å². The molecule has 174 valence electrons. The average Bonchev–Trinajstić information content (AvgIpc) is 3.53. The van der Waals surface area contributed by atoms with Gasteiger partial charge in [-0.3, -0.25) is 9.59 Å². The van der Waals surface area contributed by atoms with E-state index in [0.29, 0.717) is 24.4 Å². The molecular formula is C24H28N4O4S. The lowest BCUT2D eigenvalue weighted by Crippen LogP contribution is -2.47. The number of carbonyl (C=O) groups excluding carboxylic acids is 2. The summed E-state index contributed by atoms with van der Waals surface area (Å²) < 4.78 is 5.31. The van der Waals surface area contributed by atoms with Crippen LogP contribution < -0.4 is 5.32 Å². The number of hydrogen-bond acceptors (Lipinski definition) is 7. The Morgan fingerprint density at radius 3 is 2.67 bits per heavy atom. The first kappa shape index (κ1) is 23.1. The number of aliphatic hydroxyl groups is 1. The summed E-state index contributed by atoms with van der Waals surface area (Å²) >= 11 is 1.60. The van der Waals surface area contributed by atoms with Gasteiger partial charge in [0.2, 0.25) is 11.8 Å². The van der Waals surface area contributed by atoms with Crippen molar-refractivity contribution < 1.29 is 19.2 Å². The lowest BCUT2D eigenvalue weighted by molar-refractivity contribution is -0.140. The predicted molar refractivity (Wildman–Crippen MR) is 125 cm³/mol. The standard InChI is InChI=1S/C24H28N4O4S/c1-4-19(21-9-14(2)27-32-21)24(31)28-12-18(29)10-20(28)23(30)25-11-16-5-7-17(8-6-16)22-15(3)26-13-33-22/h5-9,13,18-20,29H,4,10-12H2,1-3H3,(H,25,30)/t18-,19-,20+/m1/s1. The van der Waals surface area contributed by atoms with Gasteiger partial charge in [0.15, 0.2) is 0 Å². The number of β-amino-alcohol motifs (C(OH)–C–C–N with tert-alkyl or cyclic N) is 1. The molecule has 2 amide bonds. The molecule has 2 aromatic heterocycles. The lowest BCUT2D eigenvalue weighted by Gasteiger charge is -2.26. The highest BCUT2D eigenvalue weighted by molar-refractivity contribution is 7.13. The molecule has 4 rings (SSSR count). The number of rotatable bonds is 7. The molecule has 8 nitrogen and oxygen atoms in total. The number of aryl methyl sites for hydroxylation is 2. The topological polar surface area (TPSA) is 109 Å². The second-order valence-corrected chi connectivity index (χ2v) is 9.26. The normalized spacial score (nSPS) is 19.0. The molecule has 0 bridgehead atoms. The van der Waals surface area contributed by atoms with Crippen molar-refractivity contribution in [2.75, 3.05) is 6.54 Å². The Bertz CT molecular complexity index is 1120. The Morgan fingerprint density at radius 1 is 1.30 bits per heavy atom. The number of nitrogens with one attached hydrogen (secondary N) is 1. The van der Waals surface area contributed by atoms with Gasteiger partial charge in [-0.1, -0.05) is 36.3 Å². The Kier molecular flexibility index (Phi) is 6.90. The third kappa shape index (κ3) is 4.99. The molecule has 3 aromatic rings. The van der Waals surface area contributed by atoms with E-state index in [0.717, 1.165) is 21.7 Å². The second-order valence-electron chi connectivity index (χ2n) is 8.41. The maximum absolute atomic E-state index is 13.2. The summed E-state index contributed by atoms with van der Waals surface area (Å²) in [5, 5.41) is 17.0. The third-order valence-corrected chi connectivity index (χ3v) is 6.97. The van der Waals surface area contributed by atoms with E-state index in [4.69, 9.17) is 4.52 Å². The van der Waals surface area contributed by atoms with Crippen molar-refractivity contribution in [3.05, 3.63) is 58.6 Å². The van der Waals surface area contributed by atoms with Crippen molar-refractivity contribution in [1.29, 1.82) is 0 Å². The third-order valence-electron chi connectivity index (χ3n) is 5.99. The fraction of sp³-hybridized carbons (Fsp3) is 0.417. The van der Waals surface area contributed by atoms with Crippen LogP contribution in [0.15, 0.2) is 40.4 Å². The van der Waals surface area contributed by atoms with Crippen LogP contribution in [0.25, 0.3) is 10.4 Å². The van der Waals surface area contributed by atoms with Gasteiger partial charge in [-0.15, -0.1) is 11.3 Å². The highest BCUT2D eigenvalue weighted by atomic mass is 32.1. The van der Waals surface area contributed by atoms with E-state index in [1.54, 1.807) is 24.3 Å². The van der Waals surface area contributed by atoms with Crippen molar-refractivity contribution in [1.82, 2.24) is 20.4 Å². The molecule has 0 radical (unpaired) electrons. The summed E-state index contributed by atoms with van der Waals surface area (Å²) in [6, 6.07) is 9.00. The SMILES string of the molecule is CC[C@@H](C(=O)N1C[C@H](O)C[C@H]1C(=O)NCc1ccc(-c2scnc2C)cc1)c1cc(C)no1. The molecule has 0 unspecified atom stereocenters. The molecule has 1 saturated heterocycles. The fourth-order valence-corrected chi connectivity index (χ4v) is 5.02. The minimum absolute atomic E-state index is 0.128. The van der Waals surface area contributed by atoms with Crippen molar-refractivity contribution >= 4 is 23.2 Å². The van der Waals surface area contributed by atoms with E-state index in [-0.39, 0.29) is 24.8 Å². The molecule has 0 saturated carbocycles. The minimum atomic E-state index is -0.736. The number of amides is 2. The number of hydrogen-bond donors (Lipinski definition) is 2. The van der Waals surface area contributed by atoms with Crippen molar-refractivity contribution in [3.63, 3.8) is 0 Å². The molecule has 1 aliphatic heterocycles. The van der Waals surface area contributed by atoms with Gasteiger partial charge in [0, 0.05) is 25.6 Å². The maximum atomic E-state index is 13.2. The van der Waals surface area contributed by atoms with Crippen LogP contribution in [0.4, 0.5) is 0 Å². The van der Waals surface area contributed by atoms with Gasteiger partial charge in [0.05, 0.1) is 33.8 Å². The lowest BCUT2D eigenvalue weighted by atomic mass is 10.0. The number of benzene rings is 1. The Morgan fingerprint density at radius 2 is 2.06 bits per heavy atom. The van der Waals surface area contributed by atoms with Crippen LogP contribution in [-0.2, 0) is 16.1 Å². The van der Waals surface area contributed by atoms with Crippen molar-refractivity contribution in [2.24, 2.45) is 0 Å². The van der Waals surface area contributed by atoms with Gasteiger partial charge in [0.25, 0.3) is 0 Å². The van der Waals surface area contributed by atoms with E-state index in [1.165, 1.54) is 4.90 Å². The molecule has 2 N–H and O–H groups in total. The van der Waals surface area contributed by atoms with Crippen LogP contribution in [0.2, 0.25) is 0 Å². The van der Waals surface area contributed by atoms with Crippen LogP contribution in [0.3, 0.4) is 0 Å². The van der Waals surface area contributed by atoms with Gasteiger partial charge >= 0.3 is 0 Å². The maximum Gasteiger partial charge on any atom is 0.243 e. The molecule has 3 heterocycles. The van der Waals surface area contributed by atoms with Gasteiger partial charge in [-0.25, -0.2) is 4.98 Å². The van der Waals surface area contributed by atoms with Crippen molar-refractivity contribution in [3.8, 4) is 10.4 Å². The number of likely N-dealkylation sites (tertiary alicyclic amines) is 1. The molecule has 1 aromatic carbocycles. The first-order valence-electron chi connectivity index (χ1n) is 11.1. The monoisotopic (exact) mass is 468 g/mol. The molecule has 9 heteroatoms. The van der Waals surface area contributed by atoms with Crippen LogP contribution in [0.5, 0.6) is 0 Å². The Balaban J connectivity index is 1.41. The van der Waals surface area contributed by atoms with E-state index in [9.17, 15) is 14.7 Å². The fourth-order valence-electron chi connectivity index (χ4n) is 4.21. The zero-order valence-electron chi connectivity index (χ0n) is 18.9. The van der Waals surface area contributed by atoms with Crippen LogP contribution >= 0.6 is 11.3 Å². The molecule has 3 atom stereocenters. The Labute approximate surface area is 196 Å². The first-order valence-corrected chi connectivity index (χ1v) is 11.9. The largest absolute Gasteiger partial charge is 0.391 e. The zero-order chi connectivity index (χ0) is 23.5. The molecule has 1 fully saturated rings. The number of thiazole rings is 1. The highest BCUT2D eigenvalue weighted by Gasteiger charge is 2.41. The zero-order valence-corrected chi connectivity index (χ0v) is 19.8. The summed E-state index contributed by atoms with van der Waals surface area (Å²) in [5.74, 6) is -0.549. The molecule has 0 aliphatic carbocycles. The highest BCUT2D eigenvalue weighted by Crippen LogP contribution is 2.29.